The summed E-state index contributed by atoms with van der Waals surface area (Å²) in [5.74, 6) is 4.40. The van der Waals surface area contributed by atoms with E-state index < -0.39 is 0 Å². The molecule has 4 heteroatoms. The SMILES string of the molecule is C#CCSCCNC(C)c1cc(O)cc(O)c1. The molecule has 0 fully saturated rings. The van der Waals surface area contributed by atoms with E-state index in [1.165, 1.54) is 6.07 Å². The minimum Gasteiger partial charge on any atom is -0.508 e. The summed E-state index contributed by atoms with van der Waals surface area (Å²) in [5.41, 5.74) is 0.865. The van der Waals surface area contributed by atoms with E-state index in [2.05, 4.69) is 11.2 Å². The van der Waals surface area contributed by atoms with Crippen molar-refractivity contribution in [2.75, 3.05) is 18.1 Å². The molecule has 3 N–H and O–H groups in total. The molecule has 0 radical (unpaired) electrons. The van der Waals surface area contributed by atoms with Crippen molar-refractivity contribution in [3.8, 4) is 23.8 Å². The summed E-state index contributed by atoms with van der Waals surface area (Å²) in [6, 6.07) is 4.69. The van der Waals surface area contributed by atoms with Crippen LogP contribution in [0.25, 0.3) is 0 Å². The van der Waals surface area contributed by atoms with E-state index in [1.807, 2.05) is 6.92 Å². The molecule has 1 rings (SSSR count). The molecule has 1 aromatic carbocycles. The number of phenols is 2. The van der Waals surface area contributed by atoms with Gasteiger partial charge in [0.15, 0.2) is 0 Å². The Morgan fingerprint density at radius 3 is 2.59 bits per heavy atom. The second-order valence-corrected chi connectivity index (χ2v) is 4.82. The van der Waals surface area contributed by atoms with E-state index in [0.717, 1.165) is 23.6 Å². The second kappa shape index (κ2) is 7.10. The van der Waals surface area contributed by atoms with Gasteiger partial charge in [0, 0.05) is 24.4 Å². The molecule has 1 aromatic rings. The van der Waals surface area contributed by atoms with Crippen LogP contribution in [0.1, 0.15) is 18.5 Å². The molecule has 3 nitrogen and oxygen atoms in total. The van der Waals surface area contributed by atoms with Gasteiger partial charge in [-0.25, -0.2) is 0 Å². The third-order valence-corrected chi connectivity index (χ3v) is 3.17. The summed E-state index contributed by atoms with van der Waals surface area (Å²) in [4.78, 5) is 0. The van der Waals surface area contributed by atoms with Gasteiger partial charge in [-0.3, -0.25) is 0 Å². The Bertz CT molecular complexity index is 381. The zero-order valence-electron chi connectivity index (χ0n) is 9.81. The smallest absolute Gasteiger partial charge is 0.119 e. The zero-order chi connectivity index (χ0) is 12.7. The van der Waals surface area contributed by atoms with E-state index in [-0.39, 0.29) is 17.5 Å². The van der Waals surface area contributed by atoms with Gasteiger partial charge < -0.3 is 15.5 Å². The molecule has 0 spiro atoms. The number of hydrogen-bond donors (Lipinski definition) is 3. The predicted molar refractivity (Wildman–Crippen MR) is 72.3 cm³/mol. The fraction of sp³-hybridized carbons (Fsp3) is 0.385. The first-order valence-corrected chi connectivity index (χ1v) is 6.56. The Hall–Kier alpha value is -1.31. The number of hydrogen-bond acceptors (Lipinski definition) is 4. The molecule has 0 aromatic heterocycles. The molecule has 0 aliphatic carbocycles. The van der Waals surface area contributed by atoms with E-state index in [1.54, 1.807) is 23.9 Å². The summed E-state index contributed by atoms with van der Waals surface area (Å²) in [5, 5.41) is 22.0. The molecule has 0 heterocycles. The molecule has 1 atom stereocenters. The largest absolute Gasteiger partial charge is 0.508 e. The molecule has 1 unspecified atom stereocenters. The minimum atomic E-state index is 0.0790. The van der Waals surface area contributed by atoms with Crippen molar-refractivity contribution in [1.82, 2.24) is 5.32 Å². The average molecular weight is 251 g/mol. The number of nitrogens with one attached hydrogen (secondary N) is 1. The Labute approximate surface area is 106 Å². The lowest BCUT2D eigenvalue weighted by atomic mass is 10.1. The van der Waals surface area contributed by atoms with E-state index in [4.69, 9.17) is 6.42 Å². The highest BCUT2D eigenvalue weighted by molar-refractivity contribution is 7.99. The van der Waals surface area contributed by atoms with Gasteiger partial charge in [-0.2, -0.15) is 0 Å². The summed E-state index contributed by atoms with van der Waals surface area (Å²) < 4.78 is 0. The van der Waals surface area contributed by atoms with Gasteiger partial charge in [0.05, 0.1) is 5.75 Å². The van der Waals surface area contributed by atoms with Gasteiger partial charge >= 0.3 is 0 Å². The number of rotatable bonds is 6. The molecule has 92 valence electrons. The molecule has 0 aliphatic rings. The van der Waals surface area contributed by atoms with Crippen molar-refractivity contribution < 1.29 is 10.2 Å². The van der Waals surface area contributed by atoms with Gasteiger partial charge in [0.25, 0.3) is 0 Å². The van der Waals surface area contributed by atoms with Gasteiger partial charge in [0.1, 0.15) is 11.5 Å². The Morgan fingerprint density at radius 2 is 2.00 bits per heavy atom. The van der Waals surface area contributed by atoms with Crippen LogP contribution < -0.4 is 5.32 Å². The van der Waals surface area contributed by atoms with Gasteiger partial charge in [-0.1, -0.05) is 5.92 Å². The number of thioether (sulfide) groups is 1. The topological polar surface area (TPSA) is 52.5 Å². The number of terminal acetylenes is 1. The Morgan fingerprint density at radius 1 is 1.35 bits per heavy atom. The van der Waals surface area contributed by atoms with Crippen molar-refractivity contribution >= 4 is 11.8 Å². The van der Waals surface area contributed by atoms with Crippen LogP contribution in [0.2, 0.25) is 0 Å². The first-order valence-electron chi connectivity index (χ1n) is 5.41. The van der Waals surface area contributed by atoms with Gasteiger partial charge in [-0.05, 0) is 24.6 Å². The standard InChI is InChI=1S/C13H17NO2S/c1-3-5-17-6-4-14-10(2)11-7-12(15)9-13(16)8-11/h1,7-10,14-16H,4-6H2,2H3. The summed E-state index contributed by atoms with van der Waals surface area (Å²) in [6.45, 7) is 2.82. The molecular weight excluding hydrogens is 234 g/mol. The van der Waals surface area contributed by atoms with E-state index in [9.17, 15) is 10.2 Å². The normalized spacial score (nSPS) is 12.0. The maximum atomic E-state index is 9.37. The van der Waals surface area contributed by atoms with Crippen LogP contribution in [0, 0.1) is 12.3 Å². The highest BCUT2D eigenvalue weighted by Crippen LogP contribution is 2.24. The Balaban J connectivity index is 2.41. The van der Waals surface area contributed by atoms with Crippen LogP contribution in [0.5, 0.6) is 11.5 Å². The lowest BCUT2D eigenvalue weighted by Gasteiger charge is -2.14. The van der Waals surface area contributed by atoms with Crippen molar-refractivity contribution in [2.45, 2.75) is 13.0 Å². The number of aromatic hydroxyl groups is 2. The van der Waals surface area contributed by atoms with Crippen molar-refractivity contribution in [2.24, 2.45) is 0 Å². The lowest BCUT2D eigenvalue weighted by molar-refractivity contribution is 0.446. The van der Waals surface area contributed by atoms with E-state index >= 15 is 0 Å². The summed E-state index contributed by atoms with van der Waals surface area (Å²) in [7, 11) is 0. The molecule has 0 bridgehead atoms. The maximum Gasteiger partial charge on any atom is 0.119 e. The highest BCUT2D eigenvalue weighted by atomic mass is 32.2. The molecular formula is C13H17NO2S. The van der Waals surface area contributed by atoms with Crippen LogP contribution >= 0.6 is 11.8 Å². The molecule has 0 amide bonds. The van der Waals surface area contributed by atoms with Crippen molar-refractivity contribution in [1.29, 1.82) is 0 Å². The first kappa shape index (κ1) is 13.8. The first-order chi connectivity index (χ1) is 8.13. The van der Waals surface area contributed by atoms with Crippen LogP contribution in [0.4, 0.5) is 0 Å². The third kappa shape index (κ3) is 5.03. The average Bonchev–Trinajstić information content (AvgIpc) is 2.27. The van der Waals surface area contributed by atoms with Crippen LogP contribution in [-0.4, -0.2) is 28.3 Å². The number of benzene rings is 1. The molecule has 0 saturated heterocycles. The quantitative estimate of drug-likeness (QED) is 0.535. The summed E-state index contributed by atoms with van der Waals surface area (Å²) in [6.07, 6.45) is 5.15. The summed E-state index contributed by atoms with van der Waals surface area (Å²) >= 11 is 1.70. The lowest BCUT2D eigenvalue weighted by Crippen LogP contribution is -2.21. The van der Waals surface area contributed by atoms with Gasteiger partial charge in [0.2, 0.25) is 0 Å². The minimum absolute atomic E-state index is 0.0790. The van der Waals surface area contributed by atoms with Crippen molar-refractivity contribution in [3.63, 3.8) is 0 Å². The Kier molecular flexibility index (Phi) is 5.75. The second-order valence-electron chi connectivity index (χ2n) is 3.72. The van der Waals surface area contributed by atoms with Crippen LogP contribution in [0.3, 0.4) is 0 Å². The molecule has 0 saturated carbocycles. The molecule has 0 aliphatic heterocycles. The fourth-order valence-electron chi connectivity index (χ4n) is 1.46. The van der Waals surface area contributed by atoms with Crippen LogP contribution in [-0.2, 0) is 0 Å². The fourth-order valence-corrected chi connectivity index (χ4v) is 1.99. The van der Waals surface area contributed by atoms with Crippen molar-refractivity contribution in [3.05, 3.63) is 23.8 Å². The predicted octanol–water partition coefficient (Wildman–Crippen LogP) is 2.11. The maximum absolute atomic E-state index is 9.37. The third-order valence-electron chi connectivity index (χ3n) is 2.31. The van der Waals surface area contributed by atoms with Crippen LogP contribution in [0.15, 0.2) is 18.2 Å². The highest BCUT2D eigenvalue weighted by Gasteiger charge is 2.07. The number of phenolic OH excluding ortho intramolecular Hbond substituents is 2. The monoisotopic (exact) mass is 251 g/mol. The zero-order valence-corrected chi connectivity index (χ0v) is 10.6. The van der Waals surface area contributed by atoms with Gasteiger partial charge in [-0.15, -0.1) is 18.2 Å². The molecule has 17 heavy (non-hydrogen) atoms. The van der Waals surface area contributed by atoms with E-state index in [0.29, 0.717) is 0 Å².